The highest BCUT2D eigenvalue weighted by Gasteiger charge is 2.31. The standard InChI is InChI=1S/C15H18F3NOS/c1-21-15(5-3-2-4-6-15)9-19-14(20)10-7-11(16)13(18)12(17)8-10/h7-8H,2-6,9H2,1H3,(H,19,20). The molecule has 0 radical (unpaired) electrons. The smallest absolute Gasteiger partial charge is 0.251 e. The maximum Gasteiger partial charge on any atom is 0.251 e. The van der Waals surface area contributed by atoms with Gasteiger partial charge in [-0.2, -0.15) is 11.8 Å². The normalized spacial score (nSPS) is 17.5. The van der Waals surface area contributed by atoms with Gasteiger partial charge in [-0.25, -0.2) is 13.2 Å². The highest BCUT2D eigenvalue weighted by Crippen LogP contribution is 2.38. The van der Waals surface area contributed by atoms with Crippen LogP contribution in [-0.2, 0) is 0 Å². The zero-order valence-corrected chi connectivity index (χ0v) is 12.7. The van der Waals surface area contributed by atoms with Crippen LogP contribution in [0.15, 0.2) is 12.1 Å². The summed E-state index contributed by atoms with van der Waals surface area (Å²) in [6.07, 6.45) is 7.48. The molecule has 116 valence electrons. The number of hydrogen-bond donors (Lipinski definition) is 1. The fraction of sp³-hybridized carbons (Fsp3) is 0.533. The van der Waals surface area contributed by atoms with Crippen LogP contribution in [0.1, 0.15) is 42.5 Å². The van der Waals surface area contributed by atoms with Gasteiger partial charge in [0.2, 0.25) is 0 Å². The summed E-state index contributed by atoms with van der Waals surface area (Å²) in [7, 11) is 0. The van der Waals surface area contributed by atoms with Gasteiger partial charge in [-0.3, -0.25) is 4.79 Å². The molecule has 1 fully saturated rings. The van der Waals surface area contributed by atoms with Crippen LogP contribution in [0, 0.1) is 17.5 Å². The largest absolute Gasteiger partial charge is 0.351 e. The first-order valence-electron chi connectivity index (χ1n) is 6.95. The first-order chi connectivity index (χ1) is 9.97. The fourth-order valence-corrected chi connectivity index (χ4v) is 3.59. The molecule has 0 bridgehead atoms. The van der Waals surface area contributed by atoms with Gasteiger partial charge in [0, 0.05) is 16.9 Å². The molecule has 0 heterocycles. The second-order valence-corrected chi connectivity index (χ2v) is 6.66. The molecule has 0 atom stereocenters. The van der Waals surface area contributed by atoms with Gasteiger partial charge in [-0.15, -0.1) is 0 Å². The molecule has 1 aromatic carbocycles. The topological polar surface area (TPSA) is 29.1 Å². The van der Waals surface area contributed by atoms with E-state index in [4.69, 9.17) is 0 Å². The molecule has 1 N–H and O–H groups in total. The van der Waals surface area contributed by atoms with E-state index in [2.05, 4.69) is 5.32 Å². The van der Waals surface area contributed by atoms with Crippen molar-refractivity contribution >= 4 is 17.7 Å². The van der Waals surface area contributed by atoms with Gasteiger partial charge in [0.25, 0.3) is 5.91 Å². The van der Waals surface area contributed by atoms with Gasteiger partial charge >= 0.3 is 0 Å². The Morgan fingerprint density at radius 2 is 1.76 bits per heavy atom. The van der Waals surface area contributed by atoms with Crippen LogP contribution in [0.5, 0.6) is 0 Å². The third-order valence-electron chi connectivity index (χ3n) is 4.01. The number of nitrogens with one attached hydrogen (secondary N) is 1. The van der Waals surface area contributed by atoms with E-state index in [1.165, 1.54) is 6.42 Å². The Balaban J connectivity index is 2.04. The Morgan fingerprint density at radius 3 is 2.29 bits per heavy atom. The summed E-state index contributed by atoms with van der Waals surface area (Å²) in [5.74, 6) is -4.83. The van der Waals surface area contributed by atoms with E-state index in [1.54, 1.807) is 11.8 Å². The van der Waals surface area contributed by atoms with Crippen LogP contribution in [-0.4, -0.2) is 23.5 Å². The van der Waals surface area contributed by atoms with Crippen molar-refractivity contribution in [3.05, 3.63) is 35.1 Å². The van der Waals surface area contributed by atoms with Gasteiger partial charge in [0.05, 0.1) is 0 Å². The summed E-state index contributed by atoms with van der Waals surface area (Å²) in [5.41, 5.74) is -0.196. The molecule has 0 saturated heterocycles. The second-order valence-electron chi connectivity index (χ2n) is 5.38. The van der Waals surface area contributed by atoms with Crippen molar-refractivity contribution in [2.75, 3.05) is 12.8 Å². The molecule has 1 aliphatic carbocycles. The molecule has 1 aromatic rings. The first-order valence-corrected chi connectivity index (χ1v) is 8.18. The van der Waals surface area contributed by atoms with Crippen LogP contribution in [0.2, 0.25) is 0 Å². The van der Waals surface area contributed by atoms with E-state index in [1.807, 2.05) is 6.26 Å². The highest BCUT2D eigenvalue weighted by molar-refractivity contribution is 8.00. The monoisotopic (exact) mass is 317 g/mol. The van der Waals surface area contributed by atoms with E-state index in [-0.39, 0.29) is 10.3 Å². The number of thioether (sulfide) groups is 1. The summed E-state index contributed by atoms with van der Waals surface area (Å²) in [5, 5.41) is 2.72. The van der Waals surface area contributed by atoms with E-state index >= 15 is 0 Å². The van der Waals surface area contributed by atoms with Crippen molar-refractivity contribution in [2.45, 2.75) is 36.9 Å². The third kappa shape index (κ3) is 3.73. The number of carbonyl (C=O) groups excluding carboxylic acids is 1. The SMILES string of the molecule is CSC1(CNC(=O)c2cc(F)c(F)c(F)c2)CCCCC1. The summed E-state index contributed by atoms with van der Waals surface area (Å²) >= 11 is 1.72. The zero-order valence-electron chi connectivity index (χ0n) is 11.8. The summed E-state index contributed by atoms with van der Waals surface area (Å²) in [4.78, 5) is 12.0. The van der Waals surface area contributed by atoms with E-state index in [0.717, 1.165) is 37.8 Å². The second kappa shape index (κ2) is 6.73. The Hall–Kier alpha value is -1.17. The molecule has 2 rings (SSSR count). The fourth-order valence-electron chi connectivity index (χ4n) is 2.68. The zero-order chi connectivity index (χ0) is 15.5. The van der Waals surface area contributed by atoms with Crippen LogP contribution < -0.4 is 5.32 Å². The molecule has 1 amide bonds. The van der Waals surface area contributed by atoms with Crippen molar-refractivity contribution in [1.29, 1.82) is 0 Å². The minimum absolute atomic E-state index is 0.00890. The number of halogens is 3. The van der Waals surface area contributed by atoms with Crippen molar-refractivity contribution < 1.29 is 18.0 Å². The molecular weight excluding hydrogens is 299 g/mol. The average Bonchev–Trinajstić information content (AvgIpc) is 2.50. The van der Waals surface area contributed by atoms with Crippen molar-refractivity contribution in [1.82, 2.24) is 5.32 Å². The van der Waals surface area contributed by atoms with Crippen LogP contribution in [0.4, 0.5) is 13.2 Å². The molecule has 0 spiro atoms. The van der Waals surface area contributed by atoms with Crippen molar-refractivity contribution in [3.63, 3.8) is 0 Å². The maximum atomic E-state index is 13.1. The number of rotatable bonds is 4. The molecule has 0 aromatic heterocycles. The molecule has 6 heteroatoms. The molecular formula is C15H18F3NOS. The Kier molecular flexibility index (Phi) is 5.19. The van der Waals surface area contributed by atoms with Crippen LogP contribution in [0.25, 0.3) is 0 Å². The van der Waals surface area contributed by atoms with Gasteiger partial charge in [0.1, 0.15) is 0 Å². The maximum absolute atomic E-state index is 13.1. The Morgan fingerprint density at radius 1 is 1.19 bits per heavy atom. The summed E-state index contributed by atoms with van der Waals surface area (Å²) < 4.78 is 39.1. The lowest BCUT2D eigenvalue weighted by Crippen LogP contribution is -2.41. The summed E-state index contributed by atoms with van der Waals surface area (Å²) in [6, 6.07) is 1.45. The van der Waals surface area contributed by atoms with Gasteiger partial charge in [-0.05, 0) is 31.2 Å². The molecule has 2 nitrogen and oxygen atoms in total. The van der Waals surface area contributed by atoms with Gasteiger partial charge < -0.3 is 5.32 Å². The molecule has 1 saturated carbocycles. The van der Waals surface area contributed by atoms with Crippen molar-refractivity contribution in [3.8, 4) is 0 Å². The van der Waals surface area contributed by atoms with E-state index in [9.17, 15) is 18.0 Å². The molecule has 0 aliphatic heterocycles. The minimum Gasteiger partial charge on any atom is -0.351 e. The quantitative estimate of drug-likeness (QED) is 0.853. The molecule has 21 heavy (non-hydrogen) atoms. The Bertz CT molecular complexity index is 507. The first kappa shape index (κ1) is 16.2. The molecule has 1 aliphatic rings. The van der Waals surface area contributed by atoms with Crippen LogP contribution in [0.3, 0.4) is 0 Å². The van der Waals surface area contributed by atoms with Gasteiger partial charge in [-0.1, -0.05) is 19.3 Å². The average molecular weight is 317 g/mol. The minimum atomic E-state index is -1.56. The lowest BCUT2D eigenvalue weighted by atomic mass is 9.88. The summed E-state index contributed by atoms with van der Waals surface area (Å²) in [6.45, 7) is 0.452. The number of carbonyl (C=O) groups is 1. The highest BCUT2D eigenvalue weighted by atomic mass is 32.2. The van der Waals surface area contributed by atoms with Gasteiger partial charge in [0.15, 0.2) is 17.5 Å². The predicted molar refractivity (Wildman–Crippen MR) is 78.0 cm³/mol. The third-order valence-corrected chi connectivity index (χ3v) is 5.43. The lowest BCUT2D eigenvalue weighted by molar-refractivity contribution is 0.0945. The van der Waals surface area contributed by atoms with E-state index < -0.39 is 23.4 Å². The number of hydrogen-bond acceptors (Lipinski definition) is 2. The van der Waals surface area contributed by atoms with Crippen molar-refractivity contribution in [2.24, 2.45) is 0 Å². The number of amides is 1. The predicted octanol–water partition coefficient (Wildman–Crippen LogP) is 3.90. The Labute approximate surface area is 126 Å². The van der Waals surface area contributed by atoms with E-state index in [0.29, 0.717) is 6.54 Å². The lowest BCUT2D eigenvalue weighted by Gasteiger charge is -2.35. The molecule has 0 unspecified atom stereocenters. The number of benzene rings is 1. The van der Waals surface area contributed by atoms with Crippen LogP contribution >= 0.6 is 11.8 Å².